The number of nitro groups is 1. The van der Waals surface area contributed by atoms with E-state index in [1.165, 1.54) is 21.9 Å². The van der Waals surface area contributed by atoms with Crippen LogP contribution in [0.15, 0.2) is 82.5 Å². The summed E-state index contributed by atoms with van der Waals surface area (Å²) in [4.78, 5) is 28.6. The zero-order valence-corrected chi connectivity index (χ0v) is 18.4. The largest absolute Gasteiger partial charge is 0.490 e. The Morgan fingerprint density at radius 3 is 2.68 bits per heavy atom. The smallest absolute Gasteiger partial charge is 0.291 e. The normalized spacial score (nSPS) is 11.7. The van der Waals surface area contributed by atoms with Crippen LogP contribution in [-0.4, -0.2) is 26.1 Å². The molecule has 0 radical (unpaired) electrons. The molecule has 0 atom stereocenters. The second-order valence-electron chi connectivity index (χ2n) is 7.15. The van der Waals surface area contributed by atoms with Crippen molar-refractivity contribution in [2.75, 3.05) is 6.61 Å². The van der Waals surface area contributed by atoms with Gasteiger partial charge in [-0.25, -0.2) is 0 Å². The SMILES string of the molecule is C=CCOc1ccc(-c2nc3s/c(=C/c4ccc(-c5ccccc5[N+](=O)[O-])o4)c(=O)n3n2)cc1. The summed E-state index contributed by atoms with van der Waals surface area (Å²) in [5.41, 5.74) is 0.738. The highest BCUT2D eigenvalue weighted by Crippen LogP contribution is 2.31. The molecule has 9 nitrogen and oxygen atoms in total. The van der Waals surface area contributed by atoms with Crippen molar-refractivity contribution in [3.63, 3.8) is 0 Å². The summed E-state index contributed by atoms with van der Waals surface area (Å²) in [7, 11) is 0. The monoisotopic (exact) mass is 472 g/mol. The summed E-state index contributed by atoms with van der Waals surface area (Å²) < 4.78 is 12.9. The van der Waals surface area contributed by atoms with E-state index in [0.29, 0.717) is 44.8 Å². The molecule has 0 saturated heterocycles. The number of furan rings is 1. The van der Waals surface area contributed by atoms with E-state index in [1.807, 2.05) is 12.1 Å². The number of fused-ring (bicyclic) bond motifs is 1. The lowest BCUT2D eigenvalue weighted by molar-refractivity contribution is -0.384. The Balaban J connectivity index is 1.45. The minimum atomic E-state index is -0.462. The fourth-order valence-electron chi connectivity index (χ4n) is 3.36. The van der Waals surface area contributed by atoms with E-state index in [2.05, 4.69) is 16.7 Å². The van der Waals surface area contributed by atoms with Gasteiger partial charge in [-0.1, -0.05) is 36.1 Å². The molecule has 0 saturated carbocycles. The average molecular weight is 472 g/mol. The Kier molecular flexibility index (Phi) is 5.48. The first kappa shape index (κ1) is 21.3. The number of nitrogens with zero attached hydrogens (tertiary/aromatic N) is 4. The van der Waals surface area contributed by atoms with Gasteiger partial charge in [-0.05, 0) is 42.5 Å². The van der Waals surface area contributed by atoms with E-state index in [9.17, 15) is 14.9 Å². The molecule has 0 bridgehead atoms. The maximum atomic E-state index is 12.8. The lowest BCUT2D eigenvalue weighted by atomic mass is 10.1. The first-order valence-electron chi connectivity index (χ1n) is 10.1. The van der Waals surface area contributed by atoms with E-state index in [4.69, 9.17) is 9.15 Å². The van der Waals surface area contributed by atoms with Crippen molar-refractivity contribution in [1.29, 1.82) is 0 Å². The Bertz CT molecular complexity index is 1630. The van der Waals surface area contributed by atoms with Gasteiger partial charge in [0.2, 0.25) is 4.96 Å². The van der Waals surface area contributed by atoms with Crippen LogP contribution in [0.3, 0.4) is 0 Å². The highest BCUT2D eigenvalue weighted by atomic mass is 32.1. The molecule has 34 heavy (non-hydrogen) atoms. The zero-order valence-electron chi connectivity index (χ0n) is 17.6. The standard InChI is InChI=1S/C24H16N4O5S/c1-2-13-32-16-9-7-15(8-10-16)22-25-24-27(26-22)23(29)21(34-24)14-17-11-12-20(33-17)18-5-3-4-6-19(18)28(30)31/h2-12,14H,1,13H2/b21-14+. The van der Waals surface area contributed by atoms with Crippen LogP contribution in [0.5, 0.6) is 5.75 Å². The predicted octanol–water partition coefficient (Wildman–Crippen LogP) is 4.10. The van der Waals surface area contributed by atoms with Gasteiger partial charge in [0.05, 0.1) is 10.5 Å². The van der Waals surface area contributed by atoms with Crippen LogP contribution in [0, 0.1) is 10.1 Å². The first-order valence-corrected chi connectivity index (χ1v) is 10.9. The van der Waals surface area contributed by atoms with Crippen LogP contribution < -0.4 is 14.8 Å². The number of hydrogen-bond donors (Lipinski definition) is 0. The molecule has 0 spiro atoms. The fourth-order valence-corrected chi connectivity index (χ4v) is 4.24. The van der Waals surface area contributed by atoms with Crippen LogP contribution in [0.25, 0.3) is 33.7 Å². The summed E-state index contributed by atoms with van der Waals surface area (Å²) in [5.74, 6) is 1.87. The highest BCUT2D eigenvalue weighted by Gasteiger charge is 2.17. The summed E-state index contributed by atoms with van der Waals surface area (Å²) in [6.07, 6.45) is 3.24. The summed E-state index contributed by atoms with van der Waals surface area (Å²) in [6, 6.07) is 16.9. The molecule has 0 fully saturated rings. The minimum Gasteiger partial charge on any atom is -0.490 e. The maximum Gasteiger partial charge on any atom is 0.291 e. The van der Waals surface area contributed by atoms with Gasteiger partial charge in [-0.2, -0.15) is 9.50 Å². The highest BCUT2D eigenvalue weighted by molar-refractivity contribution is 7.15. The number of para-hydroxylation sites is 1. The minimum absolute atomic E-state index is 0.0560. The van der Waals surface area contributed by atoms with Crippen molar-refractivity contribution in [1.82, 2.24) is 14.6 Å². The van der Waals surface area contributed by atoms with E-state index in [0.717, 1.165) is 5.56 Å². The number of aromatic nitrogens is 3. The molecular weight excluding hydrogens is 456 g/mol. The van der Waals surface area contributed by atoms with Crippen molar-refractivity contribution >= 4 is 28.1 Å². The first-order chi connectivity index (χ1) is 16.5. The summed E-state index contributed by atoms with van der Waals surface area (Å²) >= 11 is 1.18. The molecular formula is C24H16N4O5S. The van der Waals surface area contributed by atoms with Crippen molar-refractivity contribution in [2.45, 2.75) is 0 Å². The average Bonchev–Trinajstić information content (AvgIpc) is 3.55. The number of benzene rings is 2. The molecule has 2 aromatic carbocycles. The van der Waals surface area contributed by atoms with Gasteiger partial charge in [-0.3, -0.25) is 14.9 Å². The van der Waals surface area contributed by atoms with Gasteiger partial charge in [0.15, 0.2) is 5.82 Å². The van der Waals surface area contributed by atoms with E-state index < -0.39 is 4.92 Å². The molecule has 3 aromatic heterocycles. The molecule has 5 rings (SSSR count). The summed E-state index contributed by atoms with van der Waals surface area (Å²) in [5, 5.41) is 15.6. The number of hydrogen-bond acceptors (Lipinski definition) is 8. The lowest BCUT2D eigenvalue weighted by Gasteiger charge is -2.02. The van der Waals surface area contributed by atoms with Crippen molar-refractivity contribution < 1.29 is 14.1 Å². The Hall–Kier alpha value is -4.57. The van der Waals surface area contributed by atoms with E-state index in [-0.39, 0.29) is 11.2 Å². The van der Waals surface area contributed by atoms with Crippen LogP contribution >= 0.6 is 11.3 Å². The van der Waals surface area contributed by atoms with Gasteiger partial charge >= 0.3 is 0 Å². The van der Waals surface area contributed by atoms with Crippen LogP contribution in [0.1, 0.15) is 5.76 Å². The lowest BCUT2D eigenvalue weighted by Crippen LogP contribution is -2.23. The number of rotatable bonds is 7. The Morgan fingerprint density at radius 2 is 1.94 bits per heavy atom. The quantitative estimate of drug-likeness (QED) is 0.199. The van der Waals surface area contributed by atoms with Crippen LogP contribution in [0.4, 0.5) is 5.69 Å². The van der Waals surface area contributed by atoms with Crippen LogP contribution in [0.2, 0.25) is 0 Å². The predicted molar refractivity (Wildman–Crippen MR) is 128 cm³/mol. The number of nitro benzene ring substituents is 1. The molecule has 0 aliphatic carbocycles. The van der Waals surface area contributed by atoms with Crippen molar-refractivity contribution in [3.05, 3.63) is 104 Å². The second kappa shape index (κ2) is 8.75. The van der Waals surface area contributed by atoms with Gasteiger partial charge in [0, 0.05) is 17.7 Å². The fraction of sp³-hybridized carbons (Fsp3) is 0.0417. The third kappa shape index (κ3) is 3.97. The molecule has 0 unspecified atom stereocenters. The Morgan fingerprint density at radius 1 is 1.15 bits per heavy atom. The maximum absolute atomic E-state index is 12.8. The second-order valence-corrected chi connectivity index (χ2v) is 8.16. The van der Waals surface area contributed by atoms with E-state index >= 15 is 0 Å². The summed E-state index contributed by atoms with van der Waals surface area (Å²) in [6.45, 7) is 4.03. The van der Waals surface area contributed by atoms with Crippen LogP contribution in [-0.2, 0) is 0 Å². The van der Waals surface area contributed by atoms with Gasteiger partial charge in [0.25, 0.3) is 11.2 Å². The van der Waals surface area contributed by atoms with Gasteiger partial charge < -0.3 is 9.15 Å². The van der Waals surface area contributed by atoms with Crippen molar-refractivity contribution in [3.8, 4) is 28.5 Å². The molecule has 0 N–H and O–H groups in total. The molecule has 10 heteroatoms. The van der Waals surface area contributed by atoms with Gasteiger partial charge in [0.1, 0.15) is 28.4 Å². The topological polar surface area (TPSA) is 113 Å². The van der Waals surface area contributed by atoms with E-state index in [1.54, 1.807) is 54.6 Å². The molecule has 168 valence electrons. The molecule has 5 aromatic rings. The molecule has 3 heterocycles. The molecule has 0 aliphatic heterocycles. The van der Waals surface area contributed by atoms with Gasteiger partial charge in [-0.15, -0.1) is 5.10 Å². The Labute approximate surface area is 196 Å². The third-order valence-corrected chi connectivity index (χ3v) is 5.89. The molecule has 0 aliphatic rings. The number of thiazole rings is 1. The molecule has 0 amide bonds. The zero-order chi connectivity index (χ0) is 23.7. The van der Waals surface area contributed by atoms with Crippen molar-refractivity contribution in [2.24, 2.45) is 0 Å². The number of ether oxygens (including phenoxy) is 1. The third-order valence-electron chi connectivity index (χ3n) is 4.93.